The van der Waals surface area contributed by atoms with Gasteiger partial charge in [-0.25, -0.2) is 0 Å². The number of piperidine rings is 1. The van der Waals surface area contributed by atoms with E-state index < -0.39 is 5.91 Å². The van der Waals surface area contributed by atoms with E-state index in [0.29, 0.717) is 60.4 Å². The number of nitrogens with zero attached hydrogens (tertiary/aromatic N) is 1. The topological polar surface area (TPSA) is 111 Å². The molecule has 1 aliphatic carbocycles. The van der Waals surface area contributed by atoms with Gasteiger partial charge in [0.1, 0.15) is 18.2 Å². The highest BCUT2D eigenvalue weighted by atomic mass is 32.1. The molecule has 1 aromatic carbocycles. The number of amides is 3. The average molecular weight is 470 g/mol. The number of nitrogens with one attached hydrogen (secondary N) is 1. The van der Waals surface area contributed by atoms with Crippen molar-refractivity contribution in [3.8, 4) is 11.5 Å². The normalized spacial score (nSPS) is 19.5. The highest BCUT2D eigenvalue weighted by molar-refractivity contribution is 7.17. The first-order valence-corrected chi connectivity index (χ1v) is 12.3. The van der Waals surface area contributed by atoms with Crippen LogP contribution in [0.5, 0.6) is 11.5 Å². The number of thiophene rings is 1. The molecule has 8 nitrogen and oxygen atoms in total. The Kier molecular flexibility index (Phi) is 5.97. The fourth-order valence-electron chi connectivity index (χ4n) is 4.86. The lowest BCUT2D eigenvalue weighted by molar-refractivity contribution is -0.121. The molecule has 1 fully saturated rings. The van der Waals surface area contributed by atoms with Gasteiger partial charge >= 0.3 is 0 Å². The summed E-state index contributed by atoms with van der Waals surface area (Å²) in [4.78, 5) is 41.2. The van der Waals surface area contributed by atoms with Crippen LogP contribution in [0, 0.1) is 5.92 Å². The molecule has 2 aromatic rings. The number of hydrogen-bond acceptors (Lipinski definition) is 6. The van der Waals surface area contributed by atoms with Gasteiger partial charge in [-0.05, 0) is 62.3 Å². The van der Waals surface area contributed by atoms with Gasteiger partial charge in [0.05, 0.1) is 11.5 Å². The number of primary amides is 1. The van der Waals surface area contributed by atoms with E-state index >= 15 is 0 Å². The van der Waals surface area contributed by atoms with Gasteiger partial charge in [-0.15, -0.1) is 11.3 Å². The maximum atomic E-state index is 13.1. The Morgan fingerprint density at radius 3 is 2.67 bits per heavy atom. The molecule has 1 unspecified atom stereocenters. The molecule has 2 aliphatic heterocycles. The summed E-state index contributed by atoms with van der Waals surface area (Å²) in [5, 5.41) is 3.51. The van der Waals surface area contributed by atoms with Crippen molar-refractivity contribution in [2.75, 3.05) is 31.6 Å². The van der Waals surface area contributed by atoms with E-state index in [1.807, 2.05) is 0 Å². The van der Waals surface area contributed by atoms with Crippen LogP contribution in [0.15, 0.2) is 18.2 Å². The number of aryl methyl sites for hydroxylation is 1. The summed E-state index contributed by atoms with van der Waals surface area (Å²) in [6, 6.07) is 5.18. The largest absolute Gasteiger partial charge is 0.486 e. The molecule has 33 heavy (non-hydrogen) atoms. The lowest BCUT2D eigenvalue weighted by Crippen LogP contribution is -2.43. The Hall–Kier alpha value is -3.07. The first-order chi connectivity index (χ1) is 16.0. The predicted molar refractivity (Wildman–Crippen MR) is 124 cm³/mol. The zero-order chi connectivity index (χ0) is 22.9. The summed E-state index contributed by atoms with van der Waals surface area (Å²) >= 11 is 1.46. The molecule has 3 N–H and O–H groups in total. The van der Waals surface area contributed by atoms with E-state index in [1.54, 1.807) is 23.1 Å². The predicted octanol–water partition coefficient (Wildman–Crippen LogP) is 2.99. The zero-order valence-electron chi connectivity index (χ0n) is 18.4. The van der Waals surface area contributed by atoms with E-state index in [9.17, 15) is 14.4 Å². The minimum atomic E-state index is -0.497. The standard InChI is InChI=1S/C24H27N3O5S/c25-21(28)20-16-5-1-2-6-19(16)33-23(20)26-22(29)15-4-3-9-27(13-15)24(30)14-7-8-17-18(12-14)32-11-10-31-17/h7-8,12,15H,1-6,9-11,13H2,(H2,25,28)(H,26,29). The Labute approximate surface area is 196 Å². The van der Waals surface area contributed by atoms with E-state index in [0.717, 1.165) is 42.5 Å². The monoisotopic (exact) mass is 469 g/mol. The summed E-state index contributed by atoms with van der Waals surface area (Å²) < 4.78 is 11.1. The third kappa shape index (κ3) is 4.29. The molecular formula is C24H27N3O5S. The molecule has 3 amide bonds. The smallest absolute Gasteiger partial charge is 0.254 e. The van der Waals surface area contributed by atoms with Gasteiger partial charge in [0.25, 0.3) is 11.8 Å². The maximum absolute atomic E-state index is 13.1. The molecular weight excluding hydrogens is 442 g/mol. The highest BCUT2D eigenvalue weighted by Crippen LogP contribution is 2.38. The number of carbonyl (C=O) groups excluding carboxylic acids is 3. The highest BCUT2D eigenvalue weighted by Gasteiger charge is 2.31. The first kappa shape index (κ1) is 21.8. The second-order valence-corrected chi connectivity index (χ2v) is 9.82. The number of likely N-dealkylation sites (tertiary alicyclic amines) is 1. The van der Waals surface area contributed by atoms with Crippen LogP contribution >= 0.6 is 11.3 Å². The van der Waals surface area contributed by atoms with Crippen molar-refractivity contribution in [2.24, 2.45) is 11.7 Å². The van der Waals surface area contributed by atoms with Gasteiger partial charge < -0.3 is 25.4 Å². The zero-order valence-corrected chi connectivity index (χ0v) is 19.2. The fraction of sp³-hybridized carbons (Fsp3) is 0.458. The molecule has 5 rings (SSSR count). The Morgan fingerprint density at radius 1 is 1.06 bits per heavy atom. The van der Waals surface area contributed by atoms with Crippen molar-refractivity contribution in [2.45, 2.75) is 38.5 Å². The molecule has 0 bridgehead atoms. The molecule has 1 atom stereocenters. The van der Waals surface area contributed by atoms with Gasteiger partial charge in [0.2, 0.25) is 5.91 Å². The third-order valence-electron chi connectivity index (χ3n) is 6.52. The first-order valence-electron chi connectivity index (χ1n) is 11.5. The van der Waals surface area contributed by atoms with Crippen molar-refractivity contribution in [1.82, 2.24) is 4.90 Å². The Balaban J connectivity index is 1.29. The van der Waals surface area contributed by atoms with Crippen LogP contribution < -0.4 is 20.5 Å². The summed E-state index contributed by atoms with van der Waals surface area (Å²) in [7, 11) is 0. The lowest BCUT2D eigenvalue weighted by atomic mass is 9.94. The second kappa shape index (κ2) is 9.05. The summed E-state index contributed by atoms with van der Waals surface area (Å²) in [6.45, 7) is 1.87. The van der Waals surface area contributed by atoms with Crippen LogP contribution in [-0.4, -0.2) is 48.9 Å². The molecule has 3 aliphatic rings. The minimum Gasteiger partial charge on any atom is -0.486 e. The summed E-state index contributed by atoms with van der Waals surface area (Å²) in [5.74, 6) is 0.0600. The number of nitrogens with two attached hydrogens (primary N) is 1. The number of benzene rings is 1. The van der Waals surface area contributed by atoms with Gasteiger partial charge in [-0.2, -0.15) is 0 Å². The second-order valence-electron chi connectivity index (χ2n) is 8.72. The van der Waals surface area contributed by atoms with Gasteiger partial charge in [0, 0.05) is 23.5 Å². The van der Waals surface area contributed by atoms with Gasteiger partial charge in [-0.3, -0.25) is 14.4 Å². The van der Waals surface area contributed by atoms with E-state index in [-0.39, 0.29) is 17.7 Å². The Bertz CT molecular complexity index is 1110. The molecule has 1 aromatic heterocycles. The van der Waals surface area contributed by atoms with Gasteiger partial charge in [-0.1, -0.05) is 0 Å². The average Bonchev–Trinajstić information content (AvgIpc) is 3.21. The lowest BCUT2D eigenvalue weighted by Gasteiger charge is -2.32. The number of ether oxygens (including phenoxy) is 2. The molecule has 3 heterocycles. The Morgan fingerprint density at radius 2 is 1.85 bits per heavy atom. The van der Waals surface area contributed by atoms with Crippen molar-refractivity contribution < 1.29 is 23.9 Å². The van der Waals surface area contributed by atoms with Gasteiger partial charge in [0.15, 0.2) is 11.5 Å². The third-order valence-corrected chi connectivity index (χ3v) is 7.73. The summed E-state index contributed by atoms with van der Waals surface area (Å²) in [5.41, 5.74) is 7.63. The van der Waals surface area contributed by atoms with Crippen LogP contribution in [0.4, 0.5) is 5.00 Å². The molecule has 0 saturated carbocycles. The molecule has 1 saturated heterocycles. The van der Waals surface area contributed by atoms with Crippen molar-refractivity contribution >= 4 is 34.1 Å². The number of hydrogen-bond donors (Lipinski definition) is 2. The SMILES string of the molecule is NC(=O)c1c(NC(=O)C2CCCN(C(=O)c3ccc4c(c3)OCCO4)C2)sc2c1CCCC2. The number of carbonyl (C=O) groups is 3. The van der Waals surface area contributed by atoms with Crippen LogP contribution in [0.2, 0.25) is 0 Å². The van der Waals surface area contributed by atoms with E-state index in [2.05, 4.69) is 5.32 Å². The number of anilines is 1. The van der Waals surface area contributed by atoms with Crippen LogP contribution in [-0.2, 0) is 17.6 Å². The number of fused-ring (bicyclic) bond motifs is 2. The van der Waals surface area contributed by atoms with Crippen LogP contribution in [0.1, 0.15) is 56.8 Å². The van der Waals surface area contributed by atoms with Crippen LogP contribution in [0.3, 0.4) is 0 Å². The molecule has 0 spiro atoms. The molecule has 0 radical (unpaired) electrons. The van der Waals surface area contributed by atoms with E-state index in [4.69, 9.17) is 15.2 Å². The molecule has 9 heteroatoms. The van der Waals surface area contributed by atoms with E-state index in [1.165, 1.54) is 11.3 Å². The number of rotatable bonds is 4. The quantitative estimate of drug-likeness (QED) is 0.715. The minimum absolute atomic E-state index is 0.131. The van der Waals surface area contributed by atoms with Crippen molar-refractivity contribution in [3.05, 3.63) is 39.8 Å². The summed E-state index contributed by atoms with van der Waals surface area (Å²) in [6.07, 6.45) is 5.26. The molecule has 174 valence electrons. The maximum Gasteiger partial charge on any atom is 0.254 e. The van der Waals surface area contributed by atoms with Crippen LogP contribution in [0.25, 0.3) is 0 Å². The van der Waals surface area contributed by atoms with Crippen molar-refractivity contribution in [1.29, 1.82) is 0 Å². The fourth-order valence-corrected chi connectivity index (χ4v) is 6.16. The van der Waals surface area contributed by atoms with Crippen molar-refractivity contribution in [3.63, 3.8) is 0 Å².